The van der Waals surface area contributed by atoms with Crippen molar-refractivity contribution in [1.82, 2.24) is 9.80 Å². The molecule has 1 unspecified atom stereocenters. The third-order valence-electron chi connectivity index (χ3n) is 5.68. The van der Waals surface area contributed by atoms with E-state index in [-0.39, 0.29) is 18.5 Å². The molecule has 2 aliphatic rings. The van der Waals surface area contributed by atoms with Crippen LogP contribution in [-0.2, 0) is 0 Å². The lowest BCUT2D eigenvalue weighted by molar-refractivity contribution is -0.0935. The summed E-state index contributed by atoms with van der Waals surface area (Å²) >= 11 is 0. The highest BCUT2D eigenvalue weighted by atomic mass is 19.3. The summed E-state index contributed by atoms with van der Waals surface area (Å²) in [7, 11) is 0. The van der Waals surface area contributed by atoms with Gasteiger partial charge in [0, 0.05) is 44.2 Å². The van der Waals surface area contributed by atoms with Gasteiger partial charge in [-0.2, -0.15) is 0 Å². The van der Waals surface area contributed by atoms with Crippen molar-refractivity contribution < 1.29 is 8.78 Å². The molecule has 2 N–H and O–H groups in total. The maximum absolute atomic E-state index is 14.1. The third kappa shape index (κ3) is 3.48. The molecule has 3 rings (SSSR count). The first-order valence-corrected chi connectivity index (χ1v) is 9.08. The Morgan fingerprint density at radius 1 is 1.17 bits per heavy atom. The summed E-state index contributed by atoms with van der Waals surface area (Å²) < 4.78 is 28.1. The smallest absolute Gasteiger partial charge is 0.264 e. The Bertz CT molecular complexity index is 535. The van der Waals surface area contributed by atoms with Gasteiger partial charge in [0.15, 0.2) is 0 Å². The first kappa shape index (κ1) is 17.8. The van der Waals surface area contributed by atoms with Gasteiger partial charge in [0.1, 0.15) is 0 Å². The number of hydrogen-bond acceptors (Lipinski definition) is 3. The molecule has 0 bridgehead atoms. The Morgan fingerprint density at radius 3 is 2.54 bits per heavy atom. The zero-order chi connectivity index (χ0) is 17.3. The van der Waals surface area contributed by atoms with Crippen molar-refractivity contribution in [2.24, 2.45) is 5.73 Å². The van der Waals surface area contributed by atoms with Crippen molar-refractivity contribution >= 4 is 0 Å². The molecule has 1 saturated heterocycles. The average molecular weight is 337 g/mol. The number of hydrogen-bond donors (Lipinski definition) is 1. The second-order valence-corrected chi connectivity index (χ2v) is 7.50. The Morgan fingerprint density at radius 2 is 1.88 bits per heavy atom. The molecule has 1 aromatic carbocycles. The van der Waals surface area contributed by atoms with E-state index < -0.39 is 12.0 Å². The normalized spacial score (nSPS) is 32.2. The second-order valence-electron chi connectivity index (χ2n) is 7.50. The van der Waals surface area contributed by atoms with Gasteiger partial charge < -0.3 is 5.73 Å². The van der Waals surface area contributed by atoms with Crippen molar-refractivity contribution in [3.8, 4) is 0 Å². The largest absolute Gasteiger partial charge is 0.321 e. The molecule has 1 aliphatic carbocycles. The summed E-state index contributed by atoms with van der Waals surface area (Å²) in [6, 6.07) is 9.80. The first-order chi connectivity index (χ1) is 11.4. The van der Waals surface area contributed by atoms with Crippen LogP contribution in [0.3, 0.4) is 0 Å². The fraction of sp³-hybridized carbons (Fsp3) is 0.684. The standard InChI is InChI=1S/C19H29F2N3/c1-14(2)24-12-11-23(13-17(24)15-7-4-3-5-8-15)16-9-6-10-19(20,21)18(16)22/h3-5,7-8,14,16-18H,6,9-13,22H2,1-2H3/t16-,17?,18+/m0/s1. The Hall–Kier alpha value is -1.04. The molecule has 0 radical (unpaired) electrons. The van der Waals surface area contributed by atoms with E-state index in [2.05, 4.69) is 35.8 Å². The maximum Gasteiger partial charge on any atom is 0.264 e. The average Bonchev–Trinajstić information content (AvgIpc) is 2.57. The van der Waals surface area contributed by atoms with Crippen LogP contribution in [0.5, 0.6) is 0 Å². The van der Waals surface area contributed by atoms with E-state index in [1.807, 2.05) is 18.2 Å². The van der Waals surface area contributed by atoms with Crippen molar-refractivity contribution in [2.45, 2.75) is 63.2 Å². The molecular formula is C19H29F2N3. The number of benzene rings is 1. The predicted octanol–water partition coefficient (Wildman–Crippen LogP) is 3.27. The Balaban J connectivity index is 1.80. The van der Waals surface area contributed by atoms with Crippen molar-refractivity contribution in [1.29, 1.82) is 0 Å². The van der Waals surface area contributed by atoms with Gasteiger partial charge in [-0.1, -0.05) is 30.3 Å². The van der Waals surface area contributed by atoms with Crippen molar-refractivity contribution in [3.05, 3.63) is 35.9 Å². The van der Waals surface area contributed by atoms with E-state index in [1.165, 1.54) is 5.56 Å². The summed E-state index contributed by atoms with van der Waals surface area (Å²) in [5, 5.41) is 0. The summed E-state index contributed by atoms with van der Waals surface area (Å²) in [6.45, 7) is 6.89. The number of halogens is 2. The molecule has 3 atom stereocenters. The van der Waals surface area contributed by atoms with Crippen LogP contribution in [0.1, 0.15) is 44.7 Å². The molecule has 2 fully saturated rings. The molecule has 1 heterocycles. The van der Waals surface area contributed by atoms with Gasteiger partial charge in [0.05, 0.1) is 6.04 Å². The number of rotatable bonds is 3. The number of nitrogens with two attached hydrogens (primary N) is 1. The highest BCUT2D eigenvalue weighted by molar-refractivity contribution is 5.20. The molecular weight excluding hydrogens is 308 g/mol. The molecule has 1 aliphatic heterocycles. The molecule has 0 spiro atoms. The molecule has 1 aromatic rings. The molecule has 24 heavy (non-hydrogen) atoms. The summed E-state index contributed by atoms with van der Waals surface area (Å²) in [6.07, 6.45) is 1.27. The van der Waals surface area contributed by atoms with Crippen LogP contribution < -0.4 is 5.73 Å². The van der Waals surface area contributed by atoms with E-state index >= 15 is 0 Å². The van der Waals surface area contributed by atoms with E-state index in [0.29, 0.717) is 12.5 Å². The van der Waals surface area contributed by atoms with Gasteiger partial charge >= 0.3 is 0 Å². The van der Waals surface area contributed by atoms with Crippen LogP contribution in [0.2, 0.25) is 0 Å². The summed E-state index contributed by atoms with van der Waals surface area (Å²) in [5.74, 6) is -2.74. The van der Waals surface area contributed by atoms with Crippen LogP contribution in [-0.4, -0.2) is 53.5 Å². The van der Waals surface area contributed by atoms with E-state index in [1.54, 1.807) is 0 Å². The zero-order valence-corrected chi connectivity index (χ0v) is 14.7. The highest BCUT2D eigenvalue weighted by Crippen LogP contribution is 2.37. The SMILES string of the molecule is CC(C)N1CCN([C@H]2CCCC(F)(F)[C@@H]2N)CC1c1ccccc1. The number of alkyl halides is 2. The number of nitrogens with zero attached hydrogens (tertiary/aromatic N) is 2. The first-order valence-electron chi connectivity index (χ1n) is 9.08. The zero-order valence-electron chi connectivity index (χ0n) is 14.7. The van der Waals surface area contributed by atoms with E-state index in [9.17, 15) is 8.78 Å². The highest BCUT2D eigenvalue weighted by Gasteiger charge is 2.47. The van der Waals surface area contributed by atoms with Gasteiger partial charge in [-0.25, -0.2) is 8.78 Å². The second kappa shape index (κ2) is 7.06. The van der Waals surface area contributed by atoms with Crippen molar-refractivity contribution in [2.75, 3.05) is 19.6 Å². The predicted molar refractivity (Wildman–Crippen MR) is 93.2 cm³/mol. The van der Waals surface area contributed by atoms with Crippen LogP contribution >= 0.6 is 0 Å². The minimum absolute atomic E-state index is 0.0707. The Labute approximate surface area is 143 Å². The fourth-order valence-electron chi connectivity index (χ4n) is 4.29. The van der Waals surface area contributed by atoms with Gasteiger partial charge in [0.25, 0.3) is 5.92 Å². The summed E-state index contributed by atoms with van der Waals surface area (Å²) in [5.41, 5.74) is 7.22. The summed E-state index contributed by atoms with van der Waals surface area (Å²) in [4.78, 5) is 4.69. The van der Waals surface area contributed by atoms with Gasteiger partial charge in [-0.3, -0.25) is 9.80 Å². The Kier molecular flexibility index (Phi) is 5.23. The molecule has 0 aromatic heterocycles. The molecule has 134 valence electrons. The van der Waals surface area contributed by atoms with Gasteiger partial charge in [0.2, 0.25) is 0 Å². The van der Waals surface area contributed by atoms with Crippen LogP contribution in [0, 0.1) is 0 Å². The van der Waals surface area contributed by atoms with Crippen molar-refractivity contribution in [3.63, 3.8) is 0 Å². The minimum atomic E-state index is -2.74. The molecule has 1 saturated carbocycles. The molecule has 3 nitrogen and oxygen atoms in total. The lowest BCUT2D eigenvalue weighted by atomic mass is 9.85. The van der Waals surface area contributed by atoms with Crippen LogP contribution in [0.25, 0.3) is 0 Å². The van der Waals surface area contributed by atoms with Crippen LogP contribution in [0.15, 0.2) is 30.3 Å². The number of piperazine rings is 1. The topological polar surface area (TPSA) is 32.5 Å². The van der Waals surface area contributed by atoms with Gasteiger partial charge in [-0.15, -0.1) is 0 Å². The quantitative estimate of drug-likeness (QED) is 0.919. The molecule has 5 heteroatoms. The lowest BCUT2D eigenvalue weighted by Crippen LogP contribution is -2.63. The monoisotopic (exact) mass is 337 g/mol. The minimum Gasteiger partial charge on any atom is -0.321 e. The molecule has 0 amide bonds. The van der Waals surface area contributed by atoms with Gasteiger partial charge in [-0.05, 0) is 32.3 Å². The fourth-order valence-corrected chi connectivity index (χ4v) is 4.29. The van der Waals surface area contributed by atoms with Crippen LogP contribution in [0.4, 0.5) is 8.78 Å². The lowest BCUT2D eigenvalue weighted by Gasteiger charge is -2.49. The van der Waals surface area contributed by atoms with E-state index in [0.717, 1.165) is 26.1 Å². The van der Waals surface area contributed by atoms with E-state index in [4.69, 9.17) is 5.73 Å². The third-order valence-corrected chi connectivity index (χ3v) is 5.68. The maximum atomic E-state index is 14.1.